The number of hydrogen-bond donors (Lipinski definition) is 2. The van der Waals surface area contributed by atoms with Crippen LogP contribution in [-0.4, -0.2) is 10.2 Å². The van der Waals surface area contributed by atoms with E-state index in [0.717, 1.165) is 12.0 Å². The standard InChI is InChI=1S/C11H16O2/c1-3-8-11(12,13)10-7-5-4-6-9(10)2/h4-7,12-13H,3,8H2,1-2H3. The Hall–Kier alpha value is -0.860. The minimum atomic E-state index is -1.67. The van der Waals surface area contributed by atoms with Crippen LogP contribution in [-0.2, 0) is 5.79 Å². The Labute approximate surface area is 78.8 Å². The van der Waals surface area contributed by atoms with Crippen LogP contribution in [0.5, 0.6) is 0 Å². The number of benzene rings is 1. The molecule has 0 amide bonds. The summed E-state index contributed by atoms with van der Waals surface area (Å²) in [7, 11) is 0. The first-order valence-corrected chi connectivity index (χ1v) is 4.59. The number of aryl methyl sites for hydroxylation is 1. The molecule has 0 unspecified atom stereocenters. The lowest BCUT2D eigenvalue weighted by Gasteiger charge is -2.23. The topological polar surface area (TPSA) is 40.5 Å². The number of aliphatic hydroxyl groups is 2. The lowest BCUT2D eigenvalue weighted by Crippen LogP contribution is -2.25. The van der Waals surface area contributed by atoms with E-state index in [9.17, 15) is 10.2 Å². The molecule has 13 heavy (non-hydrogen) atoms. The molecule has 0 aliphatic carbocycles. The maximum Gasteiger partial charge on any atom is 0.189 e. The first kappa shape index (κ1) is 10.2. The Kier molecular flexibility index (Phi) is 3.07. The molecule has 0 atom stereocenters. The van der Waals surface area contributed by atoms with Crippen molar-refractivity contribution in [2.24, 2.45) is 0 Å². The second-order valence-corrected chi connectivity index (χ2v) is 3.38. The lowest BCUT2D eigenvalue weighted by atomic mass is 9.97. The van der Waals surface area contributed by atoms with Gasteiger partial charge in [-0.15, -0.1) is 0 Å². The van der Waals surface area contributed by atoms with E-state index in [1.807, 2.05) is 32.0 Å². The highest BCUT2D eigenvalue weighted by Crippen LogP contribution is 2.25. The maximum absolute atomic E-state index is 9.72. The zero-order valence-electron chi connectivity index (χ0n) is 8.12. The van der Waals surface area contributed by atoms with E-state index in [2.05, 4.69) is 0 Å². The highest BCUT2D eigenvalue weighted by atomic mass is 16.5. The Morgan fingerprint density at radius 1 is 1.23 bits per heavy atom. The van der Waals surface area contributed by atoms with Crippen molar-refractivity contribution in [2.75, 3.05) is 0 Å². The fraction of sp³-hybridized carbons (Fsp3) is 0.455. The van der Waals surface area contributed by atoms with Crippen molar-refractivity contribution >= 4 is 0 Å². The Morgan fingerprint density at radius 3 is 2.38 bits per heavy atom. The normalized spacial score (nSPS) is 11.7. The molecule has 0 aliphatic rings. The third-order valence-corrected chi connectivity index (χ3v) is 2.18. The van der Waals surface area contributed by atoms with Crippen LogP contribution in [0.4, 0.5) is 0 Å². The molecule has 1 aromatic carbocycles. The fourth-order valence-corrected chi connectivity index (χ4v) is 1.51. The van der Waals surface area contributed by atoms with Gasteiger partial charge < -0.3 is 10.2 Å². The van der Waals surface area contributed by atoms with E-state index in [0.29, 0.717) is 12.0 Å². The van der Waals surface area contributed by atoms with Crippen LogP contribution in [0.15, 0.2) is 24.3 Å². The summed E-state index contributed by atoms with van der Waals surface area (Å²) in [6, 6.07) is 7.34. The molecule has 0 radical (unpaired) electrons. The van der Waals surface area contributed by atoms with Crippen molar-refractivity contribution in [1.82, 2.24) is 0 Å². The molecule has 0 saturated heterocycles. The molecule has 0 bridgehead atoms. The fourth-order valence-electron chi connectivity index (χ4n) is 1.51. The van der Waals surface area contributed by atoms with E-state index >= 15 is 0 Å². The predicted molar refractivity (Wildman–Crippen MR) is 52.2 cm³/mol. The van der Waals surface area contributed by atoms with Crippen molar-refractivity contribution in [3.8, 4) is 0 Å². The summed E-state index contributed by atoms with van der Waals surface area (Å²) in [5, 5.41) is 19.4. The van der Waals surface area contributed by atoms with Crippen LogP contribution in [0.1, 0.15) is 30.9 Å². The van der Waals surface area contributed by atoms with Crippen molar-refractivity contribution in [3.63, 3.8) is 0 Å². The first-order chi connectivity index (χ1) is 6.08. The van der Waals surface area contributed by atoms with Gasteiger partial charge in [-0.25, -0.2) is 0 Å². The molecule has 2 nitrogen and oxygen atoms in total. The molecule has 1 rings (SSSR count). The van der Waals surface area contributed by atoms with E-state index in [1.54, 1.807) is 6.07 Å². The van der Waals surface area contributed by atoms with Gasteiger partial charge in [0, 0.05) is 12.0 Å². The van der Waals surface area contributed by atoms with Gasteiger partial charge in [-0.3, -0.25) is 0 Å². The van der Waals surface area contributed by atoms with Gasteiger partial charge in [0.05, 0.1) is 0 Å². The number of rotatable bonds is 3. The van der Waals surface area contributed by atoms with Gasteiger partial charge in [-0.1, -0.05) is 37.6 Å². The zero-order chi connectivity index (χ0) is 9.90. The van der Waals surface area contributed by atoms with Gasteiger partial charge in [-0.05, 0) is 12.5 Å². The van der Waals surface area contributed by atoms with Crippen molar-refractivity contribution in [1.29, 1.82) is 0 Å². The molecule has 2 heteroatoms. The highest BCUT2D eigenvalue weighted by molar-refractivity contribution is 5.29. The van der Waals surface area contributed by atoms with Crippen LogP contribution in [0.25, 0.3) is 0 Å². The van der Waals surface area contributed by atoms with Crippen LogP contribution in [0.2, 0.25) is 0 Å². The maximum atomic E-state index is 9.72. The predicted octanol–water partition coefficient (Wildman–Crippen LogP) is 1.93. The molecule has 72 valence electrons. The lowest BCUT2D eigenvalue weighted by molar-refractivity contribution is -0.174. The molecule has 2 N–H and O–H groups in total. The minimum absolute atomic E-state index is 0.373. The van der Waals surface area contributed by atoms with Gasteiger partial charge >= 0.3 is 0 Å². The summed E-state index contributed by atoms with van der Waals surface area (Å²) in [5.41, 5.74) is 1.53. The average Bonchev–Trinajstić information content (AvgIpc) is 2.04. The highest BCUT2D eigenvalue weighted by Gasteiger charge is 2.25. The van der Waals surface area contributed by atoms with E-state index in [1.165, 1.54) is 0 Å². The van der Waals surface area contributed by atoms with Gasteiger partial charge in [0.1, 0.15) is 0 Å². The minimum Gasteiger partial charge on any atom is -0.362 e. The van der Waals surface area contributed by atoms with Crippen LogP contribution in [0.3, 0.4) is 0 Å². The van der Waals surface area contributed by atoms with Crippen LogP contribution in [0, 0.1) is 6.92 Å². The molecule has 0 aliphatic heterocycles. The Bertz CT molecular complexity index is 279. The van der Waals surface area contributed by atoms with Gasteiger partial charge in [-0.2, -0.15) is 0 Å². The average molecular weight is 180 g/mol. The number of hydrogen-bond acceptors (Lipinski definition) is 2. The van der Waals surface area contributed by atoms with E-state index in [4.69, 9.17) is 0 Å². The summed E-state index contributed by atoms with van der Waals surface area (Å²) in [6.07, 6.45) is 1.12. The molecule has 0 fully saturated rings. The molecule has 1 aromatic rings. The molecule has 0 aromatic heterocycles. The van der Waals surface area contributed by atoms with Crippen molar-refractivity contribution < 1.29 is 10.2 Å². The summed E-state index contributed by atoms with van der Waals surface area (Å²) >= 11 is 0. The third kappa shape index (κ3) is 2.29. The van der Waals surface area contributed by atoms with Crippen LogP contribution >= 0.6 is 0 Å². The molecular formula is C11H16O2. The molecular weight excluding hydrogens is 164 g/mol. The summed E-state index contributed by atoms with van der Waals surface area (Å²) in [4.78, 5) is 0. The largest absolute Gasteiger partial charge is 0.362 e. The summed E-state index contributed by atoms with van der Waals surface area (Å²) in [5.74, 6) is -1.67. The molecule has 0 saturated carbocycles. The van der Waals surface area contributed by atoms with E-state index < -0.39 is 5.79 Å². The van der Waals surface area contributed by atoms with Gasteiger partial charge in [0.2, 0.25) is 0 Å². The third-order valence-electron chi connectivity index (χ3n) is 2.18. The smallest absolute Gasteiger partial charge is 0.189 e. The second-order valence-electron chi connectivity index (χ2n) is 3.38. The Morgan fingerprint density at radius 2 is 1.85 bits per heavy atom. The monoisotopic (exact) mass is 180 g/mol. The summed E-state index contributed by atoms with van der Waals surface area (Å²) < 4.78 is 0. The van der Waals surface area contributed by atoms with Crippen LogP contribution < -0.4 is 0 Å². The van der Waals surface area contributed by atoms with Crippen molar-refractivity contribution in [3.05, 3.63) is 35.4 Å². The zero-order valence-corrected chi connectivity index (χ0v) is 8.12. The summed E-state index contributed by atoms with van der Waals surface area (Å²) in [6.45, 7) is 3.81. The quantitative estimate of drug-likeness (QED) is 0.698. The van der Waals surface area contributed by atoms with Gasteiger partial charge in [0.15, 0.2) is 5.79 Å². The molecule has 0 spiro atoms. The van der Waals surface area contributed by atoms with Crippen molar-refractivity contribution in [2.45, 2.75) is 32.5 Å². The second kappa shape index (κ2) is 3.90. The molecule has 0 heterocycles. The van der Waals surface area contributed by atoms with E-state index in [-0.39, 0.29) is 0 Å². The first-order valence-electron chi connectivity index (χ1n) is 4.59. The van der Waals surface area contributed by atoms with Gasteiger partial charge in [0.25, 0.3) is 0 Å². The Balaban J connectivity index is 2.99. The SMILES string of the molecule is CCCC(O)(O)c1ccccc1C.